The lowest BCUT2D eigenvalue weighted by Crippen LogP contribution is -2.42. The third kappa shape index (κ3) is 4.70. The molecule has 3 rings (SSSR count). The lowest BCUT2D eigenvalue weighted by molar-refractivity contribution is 0.460. The van der Waals surface area contributed by atoms with Crippen molar-refractivity contribution in [2.45, 2.75) is 64.6 Å². The summed E-state index contributed by atoms with van der Waals surface area (Å²) in [6.07, 6.45) is 5.49. The number of nitrogens with zero attached hydrogens (tertiary/aromatic N) is 2. The van der Waals surface area contributed by atoms with Gasteiger partial charge in [-0.3, -0.25) is 13.9 Å². The van der Waals surface area contributed by atoms with Gasteiger partial charge in [0.25, 0.3) is 5.56 Å². The number of halogens is 3. The standard InChI is InChI=1S/C19H27FN4O2.2ClH/c1-12(2)24-17-11-16(22-13-6-4-3-5-7-13)15(20)10-14(17)18(25)23(9-8-21)19(24)26;;/h10-13,22H,3-9,21H2,1-2H3;2*1H. The van der Waals surface area contributed by atoms with Gasteiger partial charge < -0.3 is 11.1 Å². The van der Waals surface area contributed by atoms with Crippen LogP contribution in [0.2, 0.25) is 0 Å². The molecule has 0 saturated heterocycles. The summed E-state index contributed by atoms with van der Waals surface area (Å²) in [6.45, 7) is 4.03. The number of anilines is 1. The van der Waals surface area contributed by atoms with Crippen LogP contribution in [0.15, 0.2) is 21.7 Å². The van der Waals surface area contributed by atoms with Crippen LogP contribution in [0.4, 0.5) is 10.1 Å². The van der Waals surface area contributed by atoms with Gasteiger partial charge in [-0.2, -0.15) is 0 Å². The number of nitrogens with one attached hydrogen (secondary N) is 1. The van der Waals surface area contributed by atoms with Crippen molar-refractivity contribution in [2.24, 2.45) is 5.73 Å². The number of rotatable bonds is 5. The van der Waals surface area contributed by atoms with Crippen molar-refractivity contribution >= 4 is 41.4 Å². The van der Waals surface area contributed by atoms with Gasteiger partial charge in [0.15, 0.2) is 0 Å². The Bertz CT molecular complexity index is 921. The molecule has 1 heterocycles. The molecule has 0 unspecified atom stereocenters. The van der Waals surface area contributed by atoms with Crippen LogP contribution in [0, 0.1) is 5.82 Å². The molecule has 3 N–H and O–H groups in total. The molecule has 1 aromatic carbocycles. The van der Waals surface area contributed by atoms with Gasteiger partial charge in [0.05, 0.1) is 16.6 Å². The van der Waals surface area contributed by atoms with Crippen molar-refractivity contribution in [3.8, 4) is 0 Å². The predicted molar refractivity (Wildman–Crippen MR) is 117 cm³/mol. The number of hydrogen-bond donors (Lipinski definition) is 2. The second kappa shape index (κ2) is 10.3. The molecule has 28 heavy (non-hydrogen) atoms. The molecule has 158 valence electrons. The molecular formula is C19H29Cl2FN4O2. The zero-order chi connectivity index (χ0) is 18.8. The van der Waals surface area contributed by atoms with E-state index < -0.39 is 17.1 Å². The smallest absolute Gasteiger partial charge is 0.331 e. The highest BCUT2D eigenvalue weighted by Gasteiger charge is 2.19. The van der Waals surface area contributed by atoms with E-state index in [1.165, 1.54) is 17.1 Å². The summed E-state index contributed by atoms with van der Waals surface area (Å²) in [5.74, 6) is -0.464. The topological polar surface area (TPSA) is 82.1 Å². The monoisotopic (exact) mass is 434 g/mol. The van der Waals surface area contributed by atoms with Gasteiger partial charge in [-0.1, -0.05) is 19.3 Å². The largest absolute Gasteiger partial charge is 0.380 e. The minimum atomic E-state index is -0.490. The maximum Gasteiger partial charge on any atom is 0.331 e. The number of fused-ring (bicyclic) bond motifs is 1. The van der Waals surface area contributed by atoms with Crippen LogP contribution in [-0.2, 0) is 6.54 Å². The molecule has 0 bridgehead atoms. The summed E-state index contributed by atoms with van der Waals surface area (Å²) in [7, 11) is 0. The maximum atomic E-state index is 14.7. The summed E-state index contributed by atoms with van der Waals surface area (Å²) in [6, 6.07) is 2.92. The second-order valence-electron chi connectivity index (χ2n) is 7.32. The van der Waals surface area contributed by atoms with E-state index in [0.29, 0.717) is 11.2 Å². The first-order valence-electron chi connectivity index (χ1n) is 9.39. The van der Waals surface area contributed by atoms with Crippen molar-refractivity contribution in [1.29, 1.82) is 0 Å². The van der Waals surface area contributed by atoms with Crippen molar-refractivity contribution in [3.63, 3.8) is 0 Å². The summed E-state index contributed by atoms with van der Waals surface area (Å²) in [5, 5.41) is 3.47. The van der Waals surface area contributed by atoms with Crippen LogP contribution < -0.4 is 22.3 Å². The molecule has 1 aliphatic carbocycles. The normalized spacial score (nSPS) is 14.6. The fourth-order valence-electron chi connectivity index (χ4n) is 3.80. The lowest BCUT2D eigenvalue weighted by Gasteiger charge is -2.25. The van der Waals surface area contributed by atoms with E-state index in [4.69, 9.17) is 5.73 Å². The Hall–Kier alpha value is -1.57. The Morgan fingerprint density at radius 3 is 2.39 bits per heavy atom. The van der Waals surface area contributed by atoms with Gasteiger partial charge in [-0.25, -0.2) is 9.18 Å². The van der Waals surface area contributed by atoms with Crippen LogP contribution >= 0.6 is 24.8 Å². The van der Waals surface area contributed by atoms with Crippen LogP contribution in [0.25, 0.3) is 10.9 Å². The van der Waals surface area contributed by atoms with Crippen molar-refractivity contribution < 1.29 is 4.39 Å². The maximum absolute atomic E-state index is 14.7. The molecule has 1 fully saturated rings. The quantitative estimate of drug-likeness (QED) is 0.754. The van der Waals surface area contributed by atoms with Crippen molar-refractivity contribution in [3.05, 3.63) is 38.8 Å². The van der Waals surface area contributed by atoms with E-state index in [-0.39, 0.29) is 55.4 Å². The second-order valence-corrected chi connectivity index (χ2v) is 7.32. The number of aromatic nitrogens is 2. The third-order valence-electron chi connectivity index (χ3n) is 5.09. The third-order valence-corrected chi connectivity index (χ3v) is 5.09. The van der Waals surface area contributed by atoms with Crippen LogP contribution in [0.1, 0.15) is 52.0 Å². The van der Waals surface area contributed by atoms with E-state index in [2.05, 4.69) is 5.32 Å². The highest BCUT2D eigenvalue weighted by molar-refractivity contribution is 5.85. The Labute approximate surface area is 176 Å². The van der Waals surface area contributed by atoms with Crippen LogP contribution in [0.5, 0.6) is 0 Å². The van der Waals surface area contributed by atoms with E-state index in [9.17, 15) is 14.0 Å². The van der Waals surface area contributed by atoms with Gasteiger partial charge in [-0.05, 0) is 38.8 Å². The van der Waals surface area contributed by atoms with Gasteiger partial charge in [0, 0.05) is 25.2 Å². The van der Waals surface area contributed by atoms with Crippen molar-refractivity contribution in [1.82, 2.24) is 9.13 Å². The average Bonchev–Trinajstić information content (AvgIpc) is 2.61. The molecule has 0 amide bonds. The molecule has 1 aliphatic rings. The minimum Gasteiger partial charge on any atom is -0.380 e. The highest BCUT2D eigenvalue weighted by Crippen LogP contribution is 2.26. The summed E-state index contributed by atoms with van der Waals surface area (Å²) in [4.78, 5) is 25.5. The molecule has 0 spiro atoms. The predicted octanol–water partition coefficient (Wildman–Crippen LogP) is 3.43. The summed E-state index contributed by atoms with van der Waals surface area (Å²) in [5.41, 5.74) is 5.46. The first-order chi connectivity index (χ1) is 12.4. The van der Waals surface area contributed by atoms with E-state index in [0.717, 1.165) is 30.3 Å². The minimum absolute atomic E-state index is 0. The molecule has 6 nitrogen and oxygen atoms in total. The lowest BCUT2D eigenvalue weighted by atomic mass is 9.95. The molecule has 1 saturated carbocycles. The molecule has 1 aromatic heterocycles. The first kappa shape index (κ1) is 24.5. The molecule has 0 atom stereocenters. The Kier molecular flexibility index (Phi) is 8.98. The first-order valence-corrected chi connectivity index (χ1v) is 9.39. The van der Waals surface area contributed by atoms with Crippen molar-refractivity contribution in [2.75, 3.05) is 11.9 Å². The fraction of sp³-hybridized carbons (Fsp3) is 0.579. The number of hydrogen-bond acceptors (Lipinski definition) is 4. The molecule has 9 heteroatoms. The zero-order valence-corrected chi connectivity index (χ0v) is 17.9. The van der Waals surface area contributed by atoms with E-state index >= 15 is 0 Å². The molecule has 0 radical (unpaired) electrons. The summed E-state index contributed by atoms with van der Waals surface area (Å²) >= 11 is 0. The SMILES string of the molecule is CC(C)n1c(=O)n(CCN)c(=O)c2cc(F)c(NC3CCCCC3)cc21.Cl.Cl. The Morgan fingerprint density at radius 1 is 1.18 bits per heavy atom. The Balaban J connectivity index is 0.00000196. The van der Waals surface area contributed by atoms with Gasteiger partial charge >= 0.3 is 5.69 Å². The molecule has 0 aliphatic heterocycles. The fourth-order valence-corrected chi connectivity index (χ4v) is 3.80. The summed E-state index contributed by atoms with van der Waals surface area (Å²) < 4.78 is 17.3. The molecular weight excluding hydrogens is 406 g/mol. The Morgan fingerprint density at radius 2 is 1.82 bits per heavy atom. The highest BCUT2D eigenvalue weighted by atomic mass is 35.5. The average molecular weight is 435 g/mol. The van der Waals surface area contributed by atoms with Gasteiger partial charge in [-0.15, -0.1) is 24.8 Å². The van der Waals surface area contributed by atoms with E-state index in [1.54, 1.807) is 6.07 Å². The van der Waals surface area contributed by atoms with E-state index in [1.807, 2.05) is 13.8 Å². The number of nitrogens with two attached hydrogens (primary N) is 1. The zero-order valence-electron chi connectivity index (χ0n) is 16.2. The van der Waals surface area contributed by atoms with Crippen LogP contribution in [0.3, 0.4) is 0 Å². The van der Waals surface area contributed by atoms with Gasteiger partial charge in [0.2, 0.25) is 0 Å². The molecule has 2 aromatic rings. The van der Waals surface area contributed by atoms with Crippen LogP contribution in [-0.4, -0.2) is 21.7 Å². The van der Waals surface area contributed by atoms with Gasteiger partial charge in [0.1, 0.15) is 5.82 Å². The number of benzene rings is 1.